The van der Waals surface area contributed by atoms with Gasteiger partial charge < -0.3 is 13.5 Å². The molecule has 0 bridgehead atoms. The van der Waals surface area contributed by atoms with Crippen molar-refractivity contribution in [2.45, 2.75) is 50.5 Å². The molecule has 0 spiro atoms. The first-order valence-corrected chi connectivity index (χ1v) is 5.81. The van der Waals surface area contributed by atoms with Crippen LogP contribution in [0.15, 0.2) is 0 Å². The topological polar surface area (TPSA) is 0 Å². The van der Waals surface area contributed by atoms with Crippen LogP contribution in [0.5, 0.6) is 0 Å². The average molecular weight is 211 g/mol. The average Bonchev–Trinajstić information content (AvgIpc) is 1.80. The standard InChI is InChI=1S/C8H17.S.Zn/c1-3-5-7-8-6-4-2;;/h3H,4-8H2,1-2H3;;/q;-2;+2. The summed E-state index contributed by atoms with van der Waals surface area (Å²) in [4.78, 5) is 0. The van der Waals surface area contributed by atoms with Crippen LogP contribution in [0.1, 0.15) is 46.0 Å². The summed E-state index contributed by atoms with van der Waals surface area (Å²) in [6.07, 6.45) is 7.21. The minimum atomic E-state index is 0. The minimum Gasteiger partial charge on any atom is -2.00 e. The Hall–Kier alpha value is 0.973. The summed E-state index contributed by atoms with van der Waals surface area (Å²) in [5, 5.41) is 0. The number of hydrogen-bond donors (Lipinski definition) is 0. The van der Waals surface area contributed by atoms with Gasteiger partial charge in [0.25, 0.3) is 0 Å². The third kappa shape index (κ3) is 11.7. The Bertz CT molecular complexity index is 55.2. The summed E-state index contributed by atoms with van der Waals surface area (Å²) in [5.41, 5.74) is 0. The van der Waals surface area contributed by atoms with Crippen LogP contribution in [-0.4, -0.2) is 0 Å². The van der Waals surface area contributed by atoms with E-state index in [1.165, 1.54) is 50.4 Å². The third-order valence-electron chi connectivity index (χ3n) is 1.55. The molecule has 0 aliphatic rings. The first-order chi connectivity index (χ1) is 4.27. The molecule has 0 saturated heterocycles. The van der Waals surface area contributed by atoms with Gasteiger partial charge in [0, 0.05) is 0 Å². The van der Waals surface area contributed by atoms with E-state index in [2.05, 4.69) is 13.8 Å². The monoisotopic (exact) mass is 209 g/mol. The smallest absolute Gasteiger partial charge is 2.00 e. The molecule has 0 aromatic carbocycles. The van der Waals surface area contributed by atoms with E-state index in [0.717, 1.165) is 4.51 Å². The van der Waals surface area contributed by atoms with Gasteiger partial charge in [-0.1, -0.05) is 0 Å². The summed E-state index contributed by atoms with van der Waals surface area (Å²) in [6.45, 7) is 4.62. The van der Waals surface area contributed by atoms with E-state index >= 15 is 0 Å². The molecule has 0 saturated carbocycles. The molecule has 10 heavy (non-hydrogen) atoms. The molecule has 0 amide bonds. The van der Waals surface area contributed by atoms with E-state index in [0.29, 0.717) is 0 Å². The SMILES string of the molecule is CCCCCC[CH](C)[Zn+2].[S-2]. The Balaban J connectivity index is 0. The summed E-state index contributed by atoms with van der Waals surface area (Å²) >= 11 is 1.48. The van der Waals surface area contributed by atoms with Crippen LogP contribution in [0, 0.1) is 0 Å². The zero-order valence-corrected chi connectivity index (χ0v) is 11.0. The fraction of sp³-hybridized carbons (Fsp3) is 1.00. The van der Waals surface area contributed by atoms with Crippen LogP contribution < -0.4 is 0 Å². The Morgan fingerprint density at radius 2 is 1.80 bits per heavy atom. The molecule has 0 aromatic rings. The van der Waals surface area contributed by atoms with Gasteiger partial charge in [0.1, 0.15) is 0 Å². The second-order valence-corrected chi connectivity index (χ2v) is 5.88. The molecule has 0 aliphatic heterocycles. The third-order valence-corrected chi connectivity index (χ3v) is 2.41. The molecule has 0 rings (SSSR count). The van der Waals surface area contributed by atoms with Gasteiger partial charge in [0.05, 0.1) is 0 Å². The minimum absolute atomic E-state index is 0. The fourth-order valence-electron chi connectivity index (χ4n) is 0.920. The quantitative estimate of drug-likeness (QED) is 0.483. The molecule has 1 atom stereocenters. The molecule has 2 heteroatoms. The fourth-order valence-corrected chi connectivity index (χ4v) is 1.53. The van der Waals surface area contributed by atoms with Crippen molar-refractivity contribution >= 4 is 13.5 Å². The Morgan fingerprint density at radius 1 is 1.20 bits per heavy atom. The maximum atomic E-state index is 2.35. The van der Waals surface area contributed by atoms with E-state index in [9.17, 15) is 0 Å². The summed E-state index contributed by atoms with van der Waals surface area (Å²) in [6, 6.07) is 0. The Kier molecular flexibility index (Phi) is 13.5. The number of rotatable bonds is 5. The zero-order chi connectivity index (χ0) is 7.11. The predicted molar refractivity (Wildman–Crippen MR) is 45.5 cm³/mol. The van der Waals surface area contributed by atoms with Crippen molar-refractivity contribution in [1.29, 1.82) is 0 Å². The Morgan fingerprint density at radius 3 is 2.20 bits per heavy atom. The molecular formula is C8H17SZn. The van der Waals surface area contributed by atoms with Gasteiger partial charge in [-0.15, -0.1) is 0 Å². The second kappa shape index (κ2) is 9.97. The first-order valence-electron chi connectivity index (χ1n) is 4.10. The van der Waals surface area contributed by atoms with E-state index in [-0.39, 0.29) is 13.5 Å². The predicted octanol–water partition coefficient (Wildman–Crippen LogP) is 3.31. The maximum absolute atomic E-state index is 2.35. The van der Waals surface area contributed by atoms with Gasteiger partial charge in [-0.3, -0.25) is 0 Å². The van der Waals surface area contributed by atoms with Gasteiger partial charge in [-0.25, -0.2) is 0 Å². The molecular weight excluding hydrogens is 194 g/mol. The van der Waals surface area contributed by atoms with Crippen LogP contribution in [0.2, 0.25) is 4.51 Å². The van der Waals surface area contributed by atoms with Crippen LogP contribution >= 0.6 is 0 Å². The normalized spacial score (nSPS) is 12.4. The van der Waals surface area contributed by atoms with E-state index in [1.807, 2.05) is 0 Å². The zero-order valence-electron chi connectivity index (χ0n) is 7.23. The molecule has 1 unspecified atom stereocenters. The van der Waals surface area contributed by atoms with Gasteiger partial charge in [-0.2, -0.15) is 0 Å². The molecule has 0 N–H and O–H groups in total. The van der Waals surface area contributed by atoms with Crippen LogP contribution in [0.4, 0.5) is 0 Å². The van der Waals surface area contributed by atoms with Crippen molar-refractivity contribution in [3.8, 4) is 0 Å². The van der Waals surface area contributed by atoms with Crippen molar-refractivity contribution < 1.29 is 18.3 Å². The molecule has 0 aromatic heterocycles. The molecule has 0 fully saturated rings. The van der Waals surface area contributed by atoms with Crippen molar-refractivity contribution in [1.82, 2.24) is 0 Å². The molecule has 0 nitrogen and oxygen atoms in total. The van der Waals surface area contributed by atoms with Gasteiger partial charge in [0.15, 0.2) is 0 Å². The first kappa shape index (κ1) is 13.6. The maximum Gasteiger partial charge on any atom is -2.00 e. The van der Waals surface area contributed by atoms with Crippen molar-refractivity contribution in [2.75, 3.05) is 0 Å². The van der Waals surface area contributed by atoms with Gasteiger partial charge >= 0.3 is 68.8 Å². The van der Waals surface area contributed by atoms with Crippen LogP contribution in [0.25, 0.3) is 0 Å². The van der Waals surface area contributed by atoms with Crippen LogP contribution in [0.3, 0.4) is 0 Å². The van der Waals surface area contributed by atoms with E-state index in [1.54, 1.807) is 0 Å². The van der Waals surface area contributed by atoms with Gasteiger partial charge in [-0.05, 0) is 0 Å². The molecule has 57 valence electrons. The number of unbranched alkanes of at least 4 members (excludes halogenated alkanes) is 3. The molecule has 0 radical (unpaired) electrons. The van der Waals surface area contributed by atoms with Crippen molar-refractivity contribution in [2.24, 2.45) is 0 Å². The molecule has 0 heterocycles. The summed E-state index contributed by atoms with van der Waals surface area (Å²) in [7, 11) is 0. The second-order valence-electron chi connectivity index (χ2n) is 2.95. The van der Waals surface area contributed by atoms with Crippen molar-refractivity contribution in [3.05, 3.63) is 0 Å². The summed E-state index contributed by atoms with van der Waals surface area (Å²) in [5.74, 6) is 0. The van der Waals surface area contributed by atoms with E-state index < -0.39 is 0 Å². The van der Waals surface area contributed by atoms with Crippen LogP contribution in [-0.2, 0) is 31.8 Å². The van der Waals surface area contributed by atoms with Gasteiger partial charge in [0.2, 0.25) is 0 Å². The summed E-state index contributed by atoms with van der Waals surface area (Å²) < 4.78 is 1.03. The number of hydrogen-bond acceptors (Lipinski definition) is 0. The Labute approximate surface area is 82.3 Å². The van der Waals surface area contributed by atoms with Crippen molar-refractivity contribution in [3.63, 3.8) is 0 Å². The molecule has 0 aliphatic carbocycles. The largest absolute Gasteiger partial charge is 2.00 e. The van der Waals surface area contributed by atoms with E-state index in [4.69, 9.17) is 0 Å².